The molecule has 0 aliphatic rings. The molecule has 2 N–H and O–H groups in total. The summed E-state index contributed by atoms with van der Waals surface area (Å²) >= 11 is 0. The van der Waals surface area contributed by atoms with Crippen molar-refractivity contribution in [2.75, 3.05) is 13.7 Å². The molecule has 1 atom stereocenters. The van der Waals surface area contributed by atoms with Crippen LogP contribution in [0.2, 0.25) is 0 Å². The summed E-state index contributed by atoms with van der Waals surface area (Å²) in [5.41, 5.74) is -0.522. The lowest BCUT2D eigenvalue weighted by Gasteiger charge is -2.19. The van der Waals surface area contributed by atoms with E-state index in [0.717, 1.165) is 0 Å². The van der Waals surface area contributed by atoms with E-state index in [1.54, 1.807) is 20.8 Å². The number of rotatable bonds is 7. The van der Waals surface area contributed by atoms with Crippen LogP contribution in [-0.2, 0) is 19.1 Å². The van der Waals surface area contributed by atoms with Crippen molar-refractivity contribution >= 4 is 18.0 Å². The number of unbranched alkanes of at least 4 members (excludes halogenated alkanes) is 1. The van der Waals surface area contributed by atoms with E-state index < -0.39 is 23.7 Å². The Hall–Kier alpha value is -1.79. The summed E-state index contributed by atoms with van der Waals surface area (Å²) in [6.07, 6.45) is 1.33. The summed E-state index contributed by atoms with van der Waals surface area (Å²) in [4.78, 5) is 33.8. The molecule has 0 aliphatic carbocycles. The monoisotopic (exact) mass is 302 g/mol. The number of carbonyl (C=O) groups excluding carboxylic acids is 3. The van der Waals surface area contributed by atoms with Gasteiger partial charge in [0.1, 0.15) is 11.6 Å². The van der Waals surface area contributed by atoms with Gasteiger partial charge in [-0.3, -0.25) is 4.79 Å². The smallest absolute Gasteiger partial charge is 0.407 e. The van der Waals surface area contributed by atoms with Crippen LogP contribution in [0.1, 0.15) is 47.0 Å². The molecule has 0 heterocycles. The molecular formula is C14H26N2O5. The Kier molecular flexibility index (Phi) is 8.42. The minimum Gasteiger partial charge on any atom is -0.467 e. The van der Waals surface area contributed by atoms with E-state index in [4.69, 9.17) is 4.74 Å². The molecule has 0 rings (SSSR count). The van der Waals surface area contributed by atoms with Crippen LogP contribution in [0.15, 0.2) is 0 Å². The van der Waals surface area contributed by atoms with Crippen molar-refractivity contribution < 1.29 is 23.9 Å². The standard InChI is InChI=1S/C14H26N2O5/c1-10(17)16-11(12(18)20-5)8-6-7-9-15-13(19)21-14(2,3)4/h11H,6-9H2,1-5H3,(H,15,19)(H,16,17). The number of nitrogens with one attached hydrogen (secondary N) is 2. The van der Waals surface area contributed by atoms with Crippen LogP contribution in [0.25, 0.3) is 0 Å². The number of methoxy groups -OCH3 is 1. The molecule has 2 amide bonds. The molecule has 7 heteroatoms. The SMILES string of the molecule is COC(=O)C(CCCCNC(=O)OC(C)(C)C)NC(C)=O. The number of alkyl carbamates (subject to hydrolysis) is 1. The molecule has 0 aliphatic heterocycles. The fourth-order valence-corrected chi connectivity index (χ4v) is 1.61. The molecule has 1 unspecified atom stereocenters. The maximum absolute atomic E-state index is 11.4. The highest BCUT2D eigenvalue weighted by molar-refractivity contribution is 5.83. The first-order valence-electron chi connectivity index (χ1n) is 6.97. The lowest BCUT2D eigenvalue weighted by molar-refractivity contribution is -0.145. The Morgan fingerprint density at radius 3 is 2.24 bits per heavy atom. The van der Waals surface area contributed by atoms with Crippen molar-refractivity contribution in [3.8, 4) is 0 Å². The molecule has 0 aromatic heterocycles. The first-order chi connectivity index (χ1) is 9.65. The average Bonchev–Trinajstić information content (AvgIpc) is 2.33. The topological polar surface area (TPSA) is 93.7 Å². The molecule has 21 heavy (non-hydrogen) atoms. The van der Waals surface area contributed by atoms with Crippen molar-refractivity contribution in [1.82, 2.24) is 10.6 Å². The van der Waals surface area contributed by atoms with Crippen molar-refractivity contribution in [3.63, 3.8) is 0 Å². The van der Waals surface area contributed by atoms with Crippen molar-refractivity contribution in [3.05, 3.63) is 0 Å². The minimum absolute atomic E-state index is 0.280. The second kappa shape index (κ2) is 9.20. The zero-order valence-corrected chi connectivity index (χ0v) is 13.4. The van der Waals surface area contributed by atoms with Crippen LogP contribution >= 0.6 is 0 Å². The molecule has 7 nitrogen and oxygen atoms in total. The second-order valence-corrected chi connectivity index (χ2v) is 5.70. The maximum atomic E-state index is 11.4. The van der Waals surface area contributed by atoms with Gasteiger partial charge in [-0.1, -0.05) is 0 Å². The third kappa shape index (κ3) is 10.6. The first kappa shape index (κ1) is 19.2. The number of ether oxygens (including phenoxy) is 2. The largest absolute Gasteiger partial charge is 0.467 e. The van der Waals surface area contributed by atoms with Gasteiger partial charge in [0.25, 0.3) is 0 Å². The predicted molar refractivity (Wildman–Crippen MR) is 77.7 cm³/mol. The van der Waals surface area contributed by atoms with Crippen LogP contribution in [-0.4, -0.2) is 43.3 Å². The van der Waals surface area contributed by atoms with Gasteiger partial charge in [-0.2, -0.15) is 0 Å². The van der Waals surface area contributed by atoms with Gasteiger partial charge < -0.3 is 20.1 Å². The van der Waals surface area contributed by atoms with Crippen LogP contribution in [0.3, 0.4) is 0 Å². The molecule has 0 saturated carbocycles. The van der Waals surface area contributed by atoms with Gasteiger partial charge in [0.15, 0.2) is 0 Å². The Morgan fingerprint density at radius 1 is 1.14 bits per heavy atom. The maximum Gasteiger partial charge on any atom is 0.407 e. The summed E-state index contributed by atoms with van der Waals surface area (Å²) in [5.74, 6) is -0.748. The third-order valence-corrected chi connectivity index (χ3v) is 2.45. The van der Waals surface area contributed by atoms with Crippen LogP contribution < -0.4 is 10.6 Å². The Bertz CT molecular complexity index is 363. The van der Waals surface area contributed by atoms with Gasteiger partial charge in [0.05, 0.1) is 7.11 Å². The van der Waals surface area contributed by atoms with Crippen LogP contribution in [0.5, 0.6) is 0 Å². The summed E-state index contributed by atoms with van der Waals surface area (Å²) in [7, 11) is 1.28. The molecule has 0 saturated heterocycles. The first-order valence-corrected chi connectivity index (χ1v) is 6.97. The quantitative estimate of drug-likeness (QED) is 0.547. The van der Waals surface area contributed by atoms with E-state index in [9.17, 15) is 14.4 Å². The zero-order chi connectivity index (χ0) is 16.5. The Balaban J connectivity index is 3.93. The Morgan fingerprint density at radius 2 is 1.76 bits per heavy atom. The highest BCUT2D eigenvalue weighted by Crippen LogP contribution is 2.07. The predicted octanol–water partition coefficient (Wildman–Crippen LogP) is 1.36. The molecule has 0 fully saturated rings. The number of hydrogen-bond acceptors (Lipinski definition) is 5. The minimum atomic E-state index is -0.644. The molecule has 0 spiro atoms. The van der Waals surface area contributed by atoms with Crippen molar-refractivity contribution in [1.29, 1.82) is 0 Å². The van der Waals surface area contributed by atoms with E-state index in [1.165, 1.54) is 14.0 Å². The lowest BCUT2D eigenvalue weighted by Crippen LogP contribution is -2.40. The summed E-state index contributed by atoms with van der Waals surface area (Å²) in [6, 6.07) is -0.644. The third-order valence-electron chi connectivity index (χ3n) is 2.45. The second-order valence-electron chi connectivity index (χ2n) is 5.70. The zero-order valence-electron chi connectivity index (χ0n) is 13.4. The van der Waals surface area contributed by atoms with E-state index >= 15 is 0 Å². The highest BCUT2D eigenvalue weighted by Gasteiger charge is 2.19. The molecule has 0 aromatic carbocycles. The lowest BCUT2D eigenvalue weighted by atomic mass is 10.1. The number of hydrogen-bond donors (Lipinski definition) is 2. The molecule has 0 bridgehead atoms. The van der Waals surface area contributed by atoms with Gasteiger partial charge in [0.2, 0.25) is 5.91 Å². The van der Waals surface area contributed by atoms with Crippen molar-refractivity contribution in [2.45, 2.75) is 58.6 Å². The van der Waals surface area contributed by atoms with Crippen molar-refractivity contribution in [2.24, 2.45) is 0 Å². The molecule has 0 aromatic rings. The normalized spacial score (nSPS) is 12.2. The van der Waals surface area contributed by atoms with Gasteiger partial charge in [-0.25, -0.2) is 9.59 Å². The Labute approximate surface area is 125 Å². The fraction of sp³-hybridized carbons (Fsp3) is 0.786. The molecule has 0 radical (unpaired) electrons. The van der Waals surface area contributed by atoms with E-state index in [1.807, 2.05) is 0 Å². The van der Waals surface area contributed by atoms with Gasteiger partial charge >= 0.3 is 12.1 Å². The van der Waals surface area contributed by atoms with E-state index in [-0.39, 0.29) is 5.91 Å². The summed E-state index contributed by atoms with van der Waals surface area (Å²) in [5, 5.41) is 5.17. The fourth-order valence-electron chi connectivity index (χ4n) is 1.61. The highest BCUT2D eigenvalue weighted by atomic mass is 16.6. The van der Waals surface area contributed by atoms with Crippen LogP contribution in [0.4, 0.5) is 4.79 Å². The van der Waals surface area contributed by atoms with E-state index in [0.29, 0.717) is 25.8 Å². The molecule has 122 valence electrons. The van der Waals surface area contributed by atoms with Gasteiger partial charge in [-0.15, -0.1) is 0 Å². The van der Waals surface area contributed by atoms with Crippen LogP contribution in [0, 0.1) is 0 Å². The van der Waals surface area contributed by atoms with Gasteiger partial charge in [-0.05, 0) is 40.0 Å². The number of esters is 1. The average molecular weight is 302 g/mol. The number of carbonyl (C=O) groups is 3. The summed E-state index contributed by atoms with van der Waals surface area (Å²) < 4.78 is 9.71. The molecular weight excluding hydrogens is 276 g/mol. The van der Waals surface area contributed by atoms with E-state index in [2.05, 4.69) is 15.4 Å². The number of amides is 2. The van der Waals surface area contributed by atoms with Gasteiger partial charge in [0, 0.05) is 13.5 Å². The summed E-state index contributed by atoms with van der Waals surface area (Å²) in [6.45, 7) is 7.17.